The summed E-state index contributed by atoms with van der Waals surface area (Å²) in [6.07, 6.45) is 3.32. The van der Waals surface area contributed by atoms with Gasteiger partial charge < -0.3 is 15.4 Å². The van der Waals surface area contributed by atoms with Crippen molar-refractivity contribution in [2.75, 3.05) is 5.32 Å². The first-order valence-corrected chi connectivity index (χ1v) is 9.33. The van der Waals surface area contributed by atoms with Crippen LogP contribution in [0.5, 0.6) is 5.75 Å². The van der Waals surface area contributed by atoms with E-state index in [1.807, 2.05) is 63.2 Å². The molecule has 0 aliphatic heterocycles. The second kappa shape index (κ2) is 9.04. The van der Waals surface area contributed by atoms with Crippen LogP contribution in [0, 0.1) is 6.92 Å². The summed E-state index contributed by atoms with van der Waals surface area (Å²) in [6, 6.07) is 17.6. The smallest absolute Gasteiger partial charge is 0.253 e. The second-order valence-corrected chi connectivity index (χ2v) is 6.92. The number of aryl methyl sites for hydroxylation is 1. The van der Waals surface area contributed by atoms with E-state index in [4.69, 9.17) is 4.74 Å². The number of carbonyl (C=O) groups is 1. The van der Waals surface area contributed by atoms with Gasteiger partial charge in [0.25, 0.3) is 5.91 Å². The summed E-state index contributed by atoms with van der Waals surface area (Å²) < 4.78 is 5.83. The zero-order valence-corrected chi connectivity index (χ0v) is 16.4. The average molecular weight is 375 g/mol. The summed E-state index contributed by atoms with van der Waals surface area (Å²) in [7, 11) is 0. The Bertz CT molecular complexity index is 954. The van der Waals surface area contributed by atoms with Gasteiger partial charge in [-0.3, -0.25) is 9.78 Å². The molecule has 1 aromatic heterocycles. The number of para-hydroxylation sites is 2. The summed E-state index contributed by atoms with van der Waals surface area (Å²) >= 11 is 0. The van der Waals surface area contributed by atoms with Crippen LogP contribution < -0.4 is 15.4 Å². The Kier molecular flexibility index (Phi) is 6.27. The van der Waals surface area contributed by atoms with Gasteiger partial charge in [-0.1, -0.05) is 42.0 Å². The van der Waals surface area contributed by atoms with Crippen molar-refractivity contribution in [2.24, 2.45) is 0 Å². The molecule has 0 unspecified atom stereocenters. The molecule has 28 heavy (non-hydrogen) atoms. The van der Waals surface area contributed by atoms with Crippen LogP contribution in [0.25, 0.3) is 0 Å². The van der Waals surface area contributed by atoms with Gasteiger partial charge in [0.15, 0.2) is 0 Å². The van der Waals surface area contributed by atoms with Gasteiger partial charge in [-0.25, -0.2) is 0 Å². The molecule has 0 fully saturated rings. The SMILES string of the molecule is Cc1cccc(CNC(=O)c2cncc(Nc3ccccc3OC(C)C)c2)c1. The highest BCUT2D eigenvalue weighted by Crippen LogP contribution is 2.28. The first-order chi connectivity index (χ1) is 13.5. The monoisotopic (exact) mass is 375 g/mol. The quantitative estimate of drug-likeness (QED) is 0.620. The Labute approximate surface area is 165 Å². The highest BCUT2D eigenvalue weighted by molar-refractivity contribution is 5.94. The third-order valence-electron chi connectivity index (χ3n) is 4.06. The molecule has 1 amide bonds. The molecule has 0 saturated heterocycles. The van der Waals surface area contributed by atoms with Crippen LogP contribution in [-0.2, 0) is 6.54 Å². The lowest BCUT2D eigenvalue weighted by Gasteiger charge is -2.15. The fourth-order valence-electron chi connectivity index (χ4n) is 2.82. The van der Waals surface area contributed by atoms with Crippen molar-refractivity contribution < 1.29 is 9.53 Å². The molecule has 0 atom stereocenters. The van der Waals surface area contributed by atoms with Crippen LogP contribution in [0.1, 0.15) is 35.3 Å². The Hall–Kier alpha value is -3.34. The van der Waals surface area contributed by atoms with Gasteiger partial charge in [0, 0.05) is 12.7 Å². The molecule has 3 rings (SSSR count). The number of nitrogens with one attached hydrogen (secondary N) is 2. The third kappa shape index (κ3) is 5.33. The lowest BCUT2D eigenvalue weighted by Crippen LogP contribution is -2.23. The topological polar surface area (TPSA) is 63.2 Å². The fraction of sp³-hybridized carbons (Fsp3) is 0.217. The van der Waals surface area contributed by atoms with E-state index in [9.17, 15) is 4.79 Å². The van der Waals surface area contributed by atoms with E-state index in [1.165, 1.54) is 5.56 Å². The van der Waals surface area contributed by atoms with E-state index in [2.05, 4.69) is 21.7 Å². The van der Waals surface area contributed by atoms with Crippen LogP contribution >= 0.6 is 0 Å². The lowest BCUT2D eigenvalue weighted by atomic mass is 10.1. The van der Waals surface area contributed by atoms with E-state index >= 15 is 0 Å². The van der Waals surface area contributed by atoms with Gasteiger partial charge in [-0.15, -0.1) is 0 Å². The number of rotatable bonds is 7. The molecular formula is C23H25N3O2. The molecule has 0 bridgehead atoms. The highest BCUT2D eigenvalue weighted by Gasteiger charge is 2.09. The molecule has 0 radical (unpaired) electrons. The standard InChI is InChI=1S/C23H25N3O2/c1-16(2)28-22-10-5-4-9-21(22)26-20-12-19(14-24-15-20)23(27)25-13-18-8-6-7-17(3)11-18/h4-12,14-16,26H,13H2,1-3H3,(H,25,27). The summed E-state index contributed by atoms with van der Waals surface area (Å²) in [5.41, 5.74) is 4.29. The molecule has 0 spiro atoms. The molecule has 2 aromatic carbocycles. The van der Waals surface area contributed by atoms with Crippen molar-refractivity contribution in [1.29, 1.82) is 0 Å². The molecule has 5 nitrogen and oxygen atoms in total. The highest BCUT2D eigenvalue weighted by atomic mass is 16.5. The van der Waals surface area contributed by atoms with Gasteiger partial charge in [0.05, 0.1) is 29.2 Å². The fourth-order valence-corrected chi connectivity index (χ4v) is 2.82. The van der Waals surface area contributed by atoms with Crippen LogP contribution in [0.2, 0.25) is 0 Å². The number of aromatic nitrogens is 1. The van der Waals surface area contributed by atoms with Crippen molar-refractivity contribution in [1.82, 2.24) is 10.3 Å². The normalized spacial score (nSPS) is 10.6. The van der Waals surface area contributed by atoms with Crippen molar-refractivity contribution >= 4 is 17.3 Å². The Morgan fingerprint density at radius 2 is 1.89 bits per heavy atom. The number of amides is 1. The number of anilines is 2. The summed E-state index contributed by atoms with van der Waals surface area (Å²) in [5, 5.41) is 6.23. The maximum Gasteiger partial charge on any atom is 0.253 e. The number of benzene rings is 2. The zero-order chi connectivity index (χ0) is 19.9. The minimum Gasteiger partial charge on any atom is -0.489 e. The van der Waals surface area contributed by atoms with E-state index in [0.717, 1.165) is 22.7 Å². The number of hydrogen-bond donors (Lipinski definition) is 2. The lowest BCUT2D eigenvalue weighted by molar-refractivity contribution is 0.0950. The number of carbonyl (C=O) groups excluding carboxylic acids is 1. The van der Waals surface area contributed by atoms with Crippen LogP contribution in [0.4, 0.5) is 11.4 Å². The van der Waals surface area contributed by atoms with Gasteiger partial charge >= 0.3 is 0 Å². The summed E-state index contributed by atoms with van der Waals surface area (Å²) in [5.74, 6) is 0.594. The van der Waals surface area contributed by atoms with Crippen molar-refractivity contribution in [3.63, 3.8) is 0 Å². The average Bonchev–Trinajstić information content (AvgIpc) is 2.67. The Morgan fingerprint density at radius 1 is 1.07 bits per heavy atom. The number of pyridine rings is 1. The third-order valence-corrected chi connectivity index (χ3v) is 4.06. The van der Waals surface area contributed by atoms with Gasteiger partial charge in [0.1, 0.15) is 5.75 Å². The summed E-state index contributed by atoms with van der Waals surface area (Å²) in [6.45, 7) is 6.48. The van der Waals surface area contributed by atoms with Crippen LogP contribution in [0.15, 0.2) is 67.0 Å². The minimum atomic E-state index is -0.163. The minimum absolute atomic E-state index is 0.0693. The Morgan fingerprint density at radius 3 is 2.68 bits per heavy atom. The molecule has 0 saturated carbocycles. The maximum absolute atomic E-state index is 12.5. The second-order valence-electron chi connectivity index (χ2n) is 6.92. The predicted molar refractivity (Wildman–Crippen MR) is 112 cm³/mol. The van der Waals surface area contributed by atoms with Gasteiger partial charge in [-0.05, 0) is 44.5 Å². The van der Waals surface area contributed by atoms with Crippen LogP contribution in [-0.4, -0.2) is 17.0 Å². The van der Waals surface area contributed by atoms with Crippen LogP contribution in [0.3, 0.4) is 0 Å². The molecule has 144 valence electrons. The maximum atomic E-state index is 12.5. The first kappa shape index (κ1) is 19.4. The number of nitrogens with zero attached hydrogens (tertiary/aromatic N) is 1. The molecule has 1 heterocycles. The van der Waals surface area contributed by atoms with Crippen molar-refractivity contribution in [2.45, 2.75) is 33.4 Å². The molecule has 0 aliphatic rings. The number of ether oxygens (including phenoxy) is 1. The largest absolute Gasteiger partial charge is 0.489 e. The molecule has 2 N–H and O–H groups in total. The first-order valence-electron chi connectivity index (χ1n) is 9.33. The van der Waals surface area contributed by atoms with Crippen molar-refractivity contribution in [3.05, 3.63) is 83.7 Å². The van der Waals surface area contributed by atoms with E-state index in [1.54, 1.807) is 18.5 Å². The molecular weight excluding hydrogens is 350 g/mol. The molecule has 0 aliphatic carbocycles. The van der Waals surface area contributed by atoms with E-state index < -0.39 is 0 Å². The van der Waals surface area contributed by atoms with Crippen molar-refractivity contribution in [3.8, 4) is 5.75 Å². The number of hydrogen-bond acceptors (Lipinski definition) is 4. The van der Waals surface area contributed by atoms with Gasteiger partial charge in [-0.2, -0.15) is 0 Å². The summed E-state index contributed by atoms with van der Waals surface area (Å²) in [4.78, 5) is 16.7. The predicted octanol–water partition coefficient (Wildman–Crippen LogP) is 4.85. The van der Waals surface area contributed by atoms with E-state index in [0.29, 0.717) is 12.1 Å². The van der Waals surface area contributed by atoms with Gasteiger partial charge in [0.2, 0.25) is 0 Å². The molecule has 3 aromatic rings. The Balaban J connectivity index is 1.69. The molecule has 5 heteroatoms. The zero-order valence-electron chi connectivity index (χ0n) is 16.4. The van der Waals surface area contributed by atoms with E-state index in [-0.39, 0.29) is 12.0 Å².